The van der Waals surface area contributed by atoms with Crippen molar-refractivity contribution >= 4 is 21.8 Å². The number of hydrogen-bond donors (Lipinski definition) is 0. The molecule has 0 saturated carbocycles. The molecule has 1 heterocycles. The van der Waals surface area contributed by atoms with Crippen LogP contribution in [0.4, 0.5) is 8.78 Å². The largest absolute Gasteiger partial charge is 0.335 e. The Balaban J connectivity index is 2.28. The highest BCUT2D eigenvalue weighted by molar-refractivity contribution is 9.10. The van der Waals surface area contributed by atoms with Gasteiger partial charge in [-0.3, -0.25) is 9.69 Å². The van der Waals surface area contributed by atoms with E-state index in [4.69, 9.17) is 0 Å². The van der Waals surface area contributed by atoms with E-state index in [1.54, 1.807) is 0 Å². The number of halogens is 3. The number of carbonyl (C=O) groups excluding carboxylic acids is 1. The van der Waals surface area contributed by atoms with Gasteiger partial charge in [-0.05, 0) is 33.0 Å². The maximum absolute atomic E-state index is 13.9. The molecule has 1 aliphatic heterocycles. The number of amides is 1. The monoisotopic (exact) mass is 346 g/mol. The fourth-order valence-corrected chi connectivity index (χ4v) is 2.88. The molecule has 6 heteroatoms. The van der Waals surface area contributed by atoms with Crippen molar-refractivity contribution in [3.63, 3.8) is 0 Å². The van der Waals surface area contributed by atoms with Crippen LogP contribution in [0.1, 0.15) is 24.2 Å². The Labute approximate surface area is 125 Å². The Morgan fingerprint density at radius 1 is 1.20 bits per heavy atom. The van der Waals surface area contributed by atoms with Crippen molar-refractivity contribution < 1.29 is 13.6 Å². The fraction of sp³-hybridized carbons (Fsp3) is 0.500. The molecule has 1 fully saturated rings. The molecule has 0 radical (unpaired) electrons. The van der Waals surface area contributed by atoms with Crippen molar-refractivity contribution in [2.45, 2.75) is 25.9 Å². The minimum absolute atomic E-state index is 0.157. The van der Waals surface area contributed by atoms with Gasteiger partial charge in [0.15, 0.2) is 0 Å². The number of carbonyl (C=O) groups is 1. The minimum atomic E-state index is -0.832. The standard InChI is InChI=1S/C14H17BrF2N2O/c1-8-6-19(7-9(2)18(8)3)14(20)13-11(16)4-10(15)5-12(13)17/h4-5,8-9H,6-7H2,1-3H3. The van der Waals surface area contributed by atoms with Gasteiger partial charge in [-0.1, -0.05) is 15.9 Å². The minimum Gasteiger partial charge on any atom is -0.335 e. The highest BCUT2D eigenvalue weighted by Crippen LogP contribution is 2.23. The van der Waals surface area contributed by atoms with Gasteiger partial charge in [0, 0.05) is 29.6 Å². The Morgan fingerprint density at radius 2 is 1.65 bits per heavy atom. The van der Waals surface area contributed by atoms with Gasteiger partial charge in [0.1, 0.15) is 17.2 Å². The molecule has 0 aliphatic carbocycles. The van der Waals surface area contributed by atoms with Crippen molar-refractivity contribution in [1.29, 1.82) is 0 Å². The summed E-state index contributed by atoms with van der Waals surface area (Å²) in [7, 11) is 1.98. The number of piperazine rings is 1. The number of hydrogen-bond acceptors (Lipinski definition) is 2. The second kappa shape index (κ2) is 5.77. The highest BCUT2D eigenvalue weighted by atomic mass is 79.9. The Morgan fingerprint density at radius 3 is 2.10 bits per heavy atom. The van der Waals surface area contributed by atoms with E-state index < -0.39 is 23.1 Å². The first-order valence-corrected chi connectivity index (χ1v) is 7.26. The number of rotatable bonds is 1. The third kappa shape index (κ3) is 2.86. The van der Waals surface area contributed by atoms with Crippen molar-refractivity contribution in [1.82, 2.24) is 9.80 Å². The molecule has 0 bridgehead atoms. The van der Waals surface area contributed by atoms with Crippen molar-refractivity contribution in [2.24, 2.45) is 0 Å². The lowest BCUT2D eigenvalue weighted by Crippen LogP contribution is -2.56. The first-order valence-electron chi connectivity index (χ1n) is 6.47. The second-order valence-corrected chi connectivity index (χ2v) is 6.23. The van der Waals surface area contributed by atoms with E-state index in [0.717, 1.165) is 12.1 Å². The van der Waals surface area contributed by atoms with E-state index in [9.17, 15) is 13.6 Å². The van der Waals surface area contributed by atoms with Crippen LogP contribution in [0.15, 0.2) is 16.6 Å². The average Bonchev–Trinajstić information content (AvgIpc) is 2.33. The molecule has 1 aliphatic rings. The summed E-state index contributed by atoms with van der Waals surface area (Å²) in [5, 5.41) is 0. The third-order valence-corrected chi connectivity index (χ3v) is 4.33. The van der Waals surface area contributed by atoms with Crippen LogP contribution >= 0.6 is 15.9 Å². The van der Waals surface area contributed by atoms with Gasteiger partial charge in [0.2, 0.25) is 0 Å². The molecule has 2 rings (SSSR count). The summed E-state index contributed by atoms with van der Waals surface area (Å²) in [5.74, 6) is -2.25. The van der Waals surface area contributed by atoms with Gasteiger partial charge in [-0.15, -0.1) is 0 Å². The van der Waals surface area contributed by atoms with Crippen LogP contribution in [0, 0.1) is 11.6 Å². The van der Waals surface area contributed by atoms with E-state index in [1.807, 2.05) is 20.9 Å². The molecule has 1 aromatic carbocycles. The van der Waals surface area contributed by atoms with Crippen molar-refractivity contribution in [3.8, 4) is 0 Å². The molecule has 1 saturated heterocycles. The molecular weight excluding hydrogens is 330 g/mol. The zero-order valence-electron chi connectivity index (χ0n) is 11.7. The molecule has 0 N–H and O–H groups in total. The van der Waals surface area contributed by atoms with Crippen LogP contribution < -0.4 is 0 Å². The van der Waals surface area contributed by atoms with Gasteiger partial charge in [0.05, 0.1) is 0 Å². The summed E-state index contributed by atoms with van der Waals surface area (Å²) in [5.41, 5.74) is -0.475. The topological polar surface area (TPSA) is 23.6 Å². The van der Waals surface area contributed by atoms with E-state index >= 15 is 0 Å². The Kier molecular flexibility index (Phi) is 4.44. The zero-order chi connectivity index (χ0) is 15.0. The molecule has 0 spiro atoms. The van der Waals surface area contributed by atoms with Crippen LogP contribution in [0.2, 0.25) is 0 Å². The fourth-order valence-electron chi connectivity index (χ4n) is 2.47. The smallest absolute Gasteiger partial charge is 0.259 e. The van der Waals surface area contributed by atoms with Gasteiger partial charge >= 0.3 is 0 Å². The van der Waals surface area contributed by atoms with Crippen LogP contribution in [0.3, 0.4) is 0 Å². The summed E-state index contributed by atoms with van der Waals surface area (Å²) in [6.07, 6.45) is 0. The maximum atomic E-state index is 13.9. The van der Waals surface area contributed by atoms with E-state index in [-0.39, 0.29) is 16.6 Å². The summed E-state index contributed by atoms with van der Waals surface area (Å²) < 4.78 is 28.0. The molecule has 2 unspecified atom stereocenters. The molecular formula is C14H17BrF2N2O. The van der Waals surface area contributed by atoms with Crippen LogP contribution in [-0.2, 0) is 0 Å². The Bertz CT molecular complexity index is 503. The number of nitrogens with zero attached hydrogens (tertiary/aromatic N) is 2. The zero-order valence-corrected chi connectivity index (χ0v) is 13.2. The van der Waals surface area contributed by atoms with E-state index in [1.165, 1.54) is 4.90 Å². The molecule has 0 aromatic heterocycles. The first-order chi connectivity index (χ1) is 9.31. The second-order valence-electron chi connectivity index (χ2n) is 5.32. The molecule has 2 atom stereocenters. The SMILES string of the molecule is CC1CN(C(=O)c2c(F)cc(Br)cc2F)CC(C)N1C. The average molecular weight is 347 g/mol. The maximum Gasteiger partial charge on any atom is 0.259 e. The predicted octanol–water partition coefficient (Wildman–Crippen LogP) is 2.89. The lowest BCUT2D eigenvalue weighted by atomic mass is 10.1. The normalized spacial score (nSPS) is 24.0. The lowest BCUT2D eigenvalue weighted by Gasteiger charge is -2.42. The number of likely N-dealkylation sites (N-methyl/N-ethyl adjacent to an activating group) is 1. The van der Waals surface area contributed by atoms with Crippen molar-refractivity contribution in [2.75, 3.05) is 20.1 Å². The molecule has 1 amide bonds. The summed E-state index contributed by atoms with van der Waals surface area (Å²) in [4.78, 5) is 16.0. The van der Waals surface area contributed by atoms with Gasteiger partial charge in [0.25, 0.3) is 5.91 Å². The lowest BCUT2D eigenvalue weighted by molar-refractivity contribution is 0.0406. The molecule has 3 nitrogen and oxygen atoms in total. The highest BCUT2D eigenvalue weighted by Gasteiger charge is 2.32. The van der Waals surface area contributed by atoms with Gasteiger partial charge in [-0.25, -0.2) is 8.78 Å². The third-order valence-electron chi connectivity index (χ3n) is 3.87. The molecule has 20 heavy (non-hydrogen) atoms. The van der Waals surface area contributed by atoms with Gasteiger partial charge in [-0.2, -0.15) is 0 Å². The number of benzene rings is 1. The summed E-state index contributed by atoms with van der Waals surface area (Å²) in [6.45, 7) is 4.91. The summed E-state index contributed by atoms with van der Waals surface area (Å²) >= 11 is 3.01. The van der Waals surface area contributed by atoms with E-state index in [0.29, 0.717) is 13.1 Å². The Hall–Kier alpha value is -1.01. The summed E-state index contributed by atoms with van der Waals surface area (Å²) in [6, 6.07) is 2.53. The predicted molar refractivity (Wildman–Crippen MR) is 76.6 cm³/mol. The van der Waals surface area contributed by atoms with Crippen LogP contribution in [0.25, 0.3) is 0 Å². The van der Waals surface area contributed by atoms with Gasteiger partial charge < -0.3 is 4.90 Å². The molecule has 1 aromatic rings. The quantitative estimate of drug-likeness (QED) is 0.780. The van der Waals surface area contributed by atoms with Crippen LogP contribution in [0.5, 0.6) is 0 Å². The van der Waals surface area contributed by atoms with Crippen molar-refractivity contribution in [3.05, 3.63) is 33.8 Å². The van der Waals surface area contributed by atoms with Crippen LogP contribution in [-0.4, -0.2) is 47.9 Å². The van der Waals surface area contributed by atoms with E-state index in [2.05, 4.69) is 20.8 Å². The first kappa shape index (κ1) is 15.4. The molecule has 110 valence electrons.